The maximum Gasteiger partial charge on any atom is 0.534 e. The summed E-state index contributed by atoms with van der Waals surface area (Å²) in [5.74, 6) is 0.00482. The van der Waals surface area contributed by atoms with E-state index in [1.54, 1.807) is 0 Å². The number of alkyl halides is 3. The van der Waals surface area contributed by atoms with Crippen LogP contribution in [0.1, 0.15) is 43.7 Å². The zero-order valence-corrected chi connectivity index (χ0v) is 24.7. The molecule has 2 aromatic carbocycles. The van der Waals surface area contributed by atoms with Gasteiger partial charge in [0.2, 0.25) is 0 Å². The number of aliphatic hydroxyl groups excluding tert-OH is 1. The van der Waals surface area contributed by atoms with Gasteiger partial charge in [0.1, 0.15) is 11.5 Å². The average Bonchev–Trinajstić information content (AvgIpc) is 3.15. The molecule has 0 radical (unpaired) electrons. The summed E-state index contributed by atoms with van der Waals surface area (Å²) in [4.78, 5) is 0. The first-order chi connectivity index (χ1) is 18.1. The molecule has 4 rings (SSSR count). The Kier molecular flexibility index (Phi) is 7.88. The second-order valence-electron chi connectivity index (χ2n) is 11.7. The Morgan fingerprint density at radius 3 is 2.33 bits per heavy atom. The number of halogens is 3. The second kappa shape index (κ2) is 10.4. The average molecular weight is 581 g/mol. The minimum atomic E-state index is -5.84. The van der Waals surface area contributed by atoms with Gasteiger partial charge in [-0.25, -0.2) is 0 Å². The molecule has 1 N–H and O–H groups in total. The highest BCUT2D eigenvalue weighted by Crippen LogP contribution is 2.57. The van der Waals surface area contributed by atoms with Crippen molar-refractivity contribution in [2.45, 2.75) is 70.3 Å². The van der Waals surface area contributed by atoms with Gasteiger partial charge in [0.15, 0.2) is 0 Å². The second-order valence-corrected chi connectivity index (χ2v) is 18.3. The van der Waals surface area contributed by atoms with Crippen molar-refractivity contribution < 1.29 is 35.6 Å². The van der Waals surface area contributed by atoms with Crippen LogP contribution >= 0.6 is 0 Å². The van der Waals surface area contributed by atoms with Crippen molar-refractivity contribution in [3.8, 4) is 11.5 Å². The van der Waals surface area contributed by atoms with Crippen molar-refractivity contribution in [1.29, 1.82) is 0 Å². The Morgan fingerprint density at radius 2 is 1.74 bits per heavy atom. The van der Waals surface area contributed by atoms with Crippen molar-refractivity contribution in [3.63, 3.8) is 0 Å². The summed E-state index contributed by atoms with van der Waals surface area (Å²) in [5.41, 5.74) is -0.985. The number of hydrogen-bond acceptors (Lipinski definition) is 5. The summed E-state index contributed by atoms with van der Waals surface area (Å²) in [5, 5.41) is 12.1. The summed E-state index contributed by atoms with van der Waals surface area (Å²) in [6.07, 6.45) is 2.24. The summed E-state index contributed by atoms with van der Waals surface area (Å²) in [7, 11) is -6.25. The van der Waals surface area contributed by atoms with E-state index < -0.39 is 29.8 Å². The molecule has 2 aliphatic rings. The lowest BCUT2D eigenvalue weighted by molar-refractivity contribution is -0.0500. The first-order valence-corrected chi connectivity index (χ1v) is 17.8. The lowest BCUT2D eigenvalue weighted by Crippen LogP contribution is -2.33. The molecule has 212 valence electrons. The Hall–Kier alpha value is -2.56. The summed E-state index contributed by atoms with van der Waals surface area (Å²) < 4.78 is 72.9. The quantitative estimate of drug-likeness (QED) is 0.206. The van der Waals surface area contributed by atoms with Gasteiger partial charge in [-0.05, 0) is 78.0 Å². The van der Waals surface area contributed by atoms with Crippen molar-refractivity contribution in [3.05, 3.63) is 76.0 Å². The molecular formula is C29H35F3O5SSi. The third kappa shape index (κ3) is 5.97. The van der Waals surface area contributed by atoms with Gasteiger partial charge in [-0.3, -0.25) is 0 Å². The number of hydrogen-bond donors (Lipinski definition) is 1. The molecule has 2 atom stereocenters. The zero-order chi connectivity index (χ0) is 28.8. The van der Waals surface area contributed by atoms with Gasteiger partial charge in [0.05, 0.1) is 21.3 Å². The van der Waals surface area contributed by atoms with Crippen molar-refractivity contribution >= 4 is 23.8 Å². The maximum absolute atomic E-state index is 13.1. The topological polar surface area (TPSA) is 72.8 Å². The zero-order valence-electron chi connectivity index (χ0n) is 22.9. The largest absolute Gasteiger partial charge is 0.534 e. The van der Waals surface area contributed by atoms with Gasteiger partial charge in [0.25, 0.3) is 0 Å². The third-order valence-electron chi connectivity index (χ3n) is 7.75. The molecule has 0 heterocycles. The van der Waals surface area contributed by atoms with Gasteiger partial charge in [-0.1, -0.05) is 67.7 Å². The van der Waals surface area contributed by atoms with Crippen LogP contribution in [0.4, 0.5) is 13.2 Å². The number of aliphatic hydroxyl groups is 1. The van der Waals surface area contributed by atoms with E-state index in [1.165, 1.54) is 36.1 Å². The highest BCUT2D eigenvalue weighted by Gasteiger charge is 2.49. The molecule has 39 heavy (non-hydrogen) atoms. The molecule has 2 aliphatic carbocycles. The first kappa shape index (κ1) is 29.4. The molecule has 5 nitrogen and oxygen atoms in total. The number of ether oxygens (including phenoxy) is 1. The van der Waals surface area contributed by atoms with Crippen LogP contribution in [0.5, 0.6) is 11.5 Å². The van der Waals surface area contributed by atoms with E-state index in [1.807, 2.05) is 18.2 Å². The molecule has 0 aliphatic heterocycles. The molecule has 10 heteroatoms. The minimum absolute atomic E-state index is 0.212. The molecule has 0 aromatic heterocycles. The van der Waals surface area contributed by atoms with Crippen LogP contribution in [-0.4, -0.2) is 40.3 Å². The number of rotatable bonds is 8. The normalized spacial score (nSPS) is 22.2. The summed E-state index contributed by atoms with van der Waals surface area (Å²) in [6, 6.07) is 14.2. The Labute approximate surface area is 229 Å². The van der Waals surface area contributed by atoms with Crippen molar-refractivity contribution in [1.82, 2.24) is 0 Å². The fourth-order valence-corrected chi connectivity index (χ4v) is 8.39. The lowest BCUT2D eigenvalue weighted by atomic mass is 9.71. The summed E-state index contributed by atoms with van der Waals surface area (Å²) >= 11 is 0. The maximum atomic E-state index is 13.1. The van der Waals surface area contributed by atoms with Crippen LogP contribution in [0, 0.1) is 5.41 Å². The van der Waals surface area contributed by atoms with Gasteiger partial charge >= 0.3 is 15.6 Å². The van der Waals surface area contributed by atoms with Crippen molar-refractivity contribution in [2.75, 3.05) is 7.11 Å². The molecule has 2 aromatic rings. The smallest absolute Gasteiger partial charge is 0.497 e. The Balaban J connectivity index is 1.84. The van der Waals surface area contributed by atoms with E-state index in [0.717, 1.165) is 23.1 Å². The summed E-state index contributed by atoms with van der Waals surface area (Å²) in [6.45, 7) is 9.10. The van der Waals surface area contributed by atoms with Gasteiger partial charge in [0, 0.05) is 0 Å². The van der Waals surface area contributed by atoms with E-state index in [4.69, 9.17) is 4.74 Å². The van der Waals surface area contributed by atoms with E-state index in [0.29, 0.717) is 30.6 Å². The molecule has 1 fully saturated rings. The van der Waals surface area contributed by atoms with Crippen LogP contribution in [-0.2, 0) is 16.5 Å². The predicted octanol–water partition coefficient (Wildman–Crippen LogP) is 7.05. The lowest BCUT2D eigenvalue weighted by Gasteiger charge is -2.41. The number of benzene rings is 2. The van der Waals surface area contributed by atoms with E-state index >= 15 is 0 Å². The molecule has 0 saturated heterocycles. The van der Waals surface area contributed by atoms with Gasteiger partial charge in [-0.15, -0.1) is 0 Å². The predicted molar refractivity (Wildman–Crippen MR) is 149 cm³/mol. The van der Waals surface area contributed by atoms with Crippen LogP contribution < -0.4 is 8.92 Å². The molecule has 0 spiro atoms. The SMILES string of the molecule is COc1ccc(OS(=O)(=O)C(F)(F)F)c(CCC2=C3C[C@@H](O)C[C@@]3(C)CC([Si](C)(C)C)=C2c2ccccc2)c1. The van der Waals surface area contributed by atoms with Crippen LogP contribution in [0.25, 0.3) is 5.57 Å². The number of methoxy groups -OCH3 is 1. The van der Waals surface area contributed by atoms with Crippen LogP contribution in [0.3, 0.4) is 0 Å². The highest BCUT2D eigenvalue weighted by atomic mass is 32.2. The fraction of sp³-hybridized carbons (Fsp3) is 0.448. The van der Waals surface area contributed by atoms with Gasteiger partial charge in [-0.2, -0.15) is 21.6 Å². The number of allylic oxidation sites excluding steroid dienone is 3. The highest BCUT2D eigenvalue weighted by molar-refractivity contribution is 7.88. The first-order valence-electron chi connectivity index (χ1n) is 12.9. The van der Waals surface area contributed by atoms with Crippen LogP contribution in [0.2, 0.25) is 19.6 Å². The van der Waals surface area contributed by atoms with Gasteiger partial charge < -0.3 is 14.0 Å². The molecule has 0 amide bonds. The Morgan fingerprint density at radius 1 is 1.08 bits per heavy atom. The third-order valence-corrected chi connectivity index (χ3v) is 11.0. The molecule has 0 unspecified atom stereocenters. The monoisotopic (exact) mass is 580 g/mol. The Bertz CT molecular complexity index is 1410. The van der Waals surface area contributed by atoms with E-state index in [2.05, 4.69) is 42.9 Å². The molecule has 1 saturated carbocycles. The fourth-order valence-electron chi connectivity index (χ4n) is 5.93. The number of fused-ring (bicyclic) bond motifs is 1. The van der Waals surface area contributed by atoms with Crippen molar-refractivity contribution in [2.24, 2.45) is 5.41 Å². The standard InChI is InChI=1S/C29H35F3O5SSi/c1-28-17-21(33)16-24(28)23(27(19-9-7-6-8-10-19)26(18-28)39(3,4)5)13-11-20-15-22(36-2)12-14-25(20)37-38(34,35)29(30,31)32/h6-10,12,14-15,21,33H,11,13,16-18H2,1-5H3/t21-,28+/m1/s1. The van der Waals surface area contributed by atoms with E-state index in [-0.39, 0.29) is 17.6 Å². The molecular weight excluding hydrogens is 545 g/mol. The molecule has 0 bridgehead atoms. The van der Waals surface area contributed by atoms with Crippen LogP contribution in [0.15, 0.2) is 64.9 Å². The van der Waals surface area contributed by atoms with E-state index in [9.17, 15) is 26.7 Å². The minimum Gasteiger partial charge on any atom is -0.497 e. The number of aryl methyl sites for hydroxylation is 1.